The van der Waals surface area contributed by atoms with Crippen LogP contribution >= 0.6 is 0 Å². The second-order valence-corrected chi connectivity index (χ2v) is 13.8. The second kappa shape index (κ2) is 8.34. The average Bonchev–Trinajstić information content (AvgIpc) is 3.40. The Balaban J connectivity index is 1.20. The average molecular weight is 542 g/mol. The van der Waals surface area contributed by atoms with Crippen molar-refractivity contribution in [3.05, 3.63) is 23.8 Å². The summed E-state index contributed by atoms with van der Waals surface area (Å²) in [6, 6.07) is 5.08. The maximum absolute atomic E-state index is 13.1. The van der Waals surface area contributed by atoms with Gasteiger partial charge in [0.1, 0.15) is 12.2 Å². The summed E-state index contributed by atoms with van der Waals surface area (Å²) in [5.74, 6) is 1.07. The number of likely N-dealkylation sites (tertiary alicyclic amines) is 1. The lowest BCUT2D eigenvalue weighted by Crippen LogP contribution is -2.74. The number of carbonyl (C=O) groups is 1. The summed E-state index contributed by atoms with van der Waals surface area (Å²) in [6.45, 7) is 6.40. The number of methoxy groups -OCH3 is 2. The third kappa shape index (κ3) is 2.92. The predicted octanol–water partition coefficient (Wildman–Crippen LogP) is 2.87. The largest absolute Gasteiger partial charge is 0.493 e. The highest BCUT2D eigenvalue weighted by molar-refractivity contribution is 5.90. The zero-order valence-electron chi connectivity index (χ0n) is 23.6. The molecule has 7 aliphatic rings. The molecule has 7 bridgehead atoms. The fourth-order valence-electron chi connectivity index (χ4n) is 11.6. The number of esters is 1. The molecule has 6 saturated carbocycles. The fourth-order valence-corrected chi connectivity index (χ4v) is 11.6. The summed E-state index contributed by atoms with van der Waals surface area (Å²) in [4.78, 5) is 15.7. The van der Waals surface area contributed by atoms with E-state index in [9.17, 15) is 20.1 Å². The number of ether oxygens (including phenoxy) is 3. The molecule has 3 N–H and O–H groups in total. The topological polar surface area (TPSA) is 109 Å². The van der Waals surface area contributed by atoms with Gasteiger partial charge in [-0.15, -0.1) is 0 Å². The number of hydrogen-bond acceptors (Lipinski definition) is 8. The highest BCUT2D eigenvalue weighted by atomic mass is 16.5. The number of piperidine rings is 1. The lowest BCUT2D eigenvalue weighted by molar-refractivity contribution is -0.297. The molecular formula is C31H43NO7. The molecule has 2 spiro atoms. The summed E-state index contributed by atoms with van der Waals surface area (Å²) in [6.07, 6.45) is 3.97. The third-order valence-electron chi connectivity index (χ3n) is 12.9. The van der Waals surface area contributed by atoms with Gasteiger partial charge in [-0.3, -0.25) is 4.90 Å². The van der Waals surface area contributed by atoms with Gasteiger partial charge >= 0.3 is 5.97 Å². The fraction of sp³-hybridized carbons (Fsp3) is 0.774. The number of benzene rings is 1. The van der Waals surface area contributed by atoms with E-state index in [-0.39, 0.29) is 47.3 Å². The van der Waals surface area contributed by atoms with Crippen LogP contribution in [-0.2, 0) is 4.74 Å². The van der Waals surface area contributed by atoms with Gasteiger partial charge in [0.15, 0.2) is 11.5 Å². The van der Waals surface area contributed by atoms with Crippen LogP contribution in [-0.4, -0.2) is 84.0 Å². The van der Waals surface area contributed by atoms with E-state index >= 15 is 0 Å². The summed E-state index contributed by atoms with van der Waals surface area (Å²) in [5, 5.41) is 36.1. The maximum atomic E-state index is 13.1. The number of carbonyl (C=O) groups excluding carboxylic acids is 1. The van der Waals surface area contributed by atoms with E-state index in [1.807, 2.05) is 0 Å². The highest BCUT2D eigenvalue weighted by Crippen LogP contribution is 2.83. The zero-order chi connectivity index (χ0) is 27.5. The van der Waals surface area contributed by atoms with Gasteiger partial charge in [0.25, 0.3) is 0 Å². The van der Waals surface area contributed by atoms with E-state index in [0.29, 0.717) is 23.0 Å². The van der Waals surface area contributed by atoms with Crippen LogP contribution in [0.4, 0.5) is 0 Å². The van der Waals surface area contributed by atoms with E-state index in [4.69, 9.17) is 14.2 Å². The maximum Gasteiger partial charge on any atom is 0.338 e. The molecular weight excluding hydrogens is 498 g/mol. The predicted molar refractivity (Wildman–Crippen MR) is 142 cm³/mol. The Bertz CT molecular complexity index is 1190. The Hall–Kier alpha value is -1.87. The first-order valence-electron chi connectivity index (χ1n) is 14.8. The summed E-state index contributed by atoms with van der Waals surface area (Å²) in [5.41, 5.74) is -1.69. The molecule has 1 saturated heterocycles. The van der Waals surface area contributed by atoms with Gasteiger partial charge in [-0.1, -0.05) is 13.8 Å². The molecule has 8 nitrogen and oxygen atoms in total. The van der Waals surface area contributed by atoms with Crippen LogP contribution in [0.1, 0.15) is 62.7 Å². The molecule has 1 aliphatic heterocycles. The molecule has 8 heteroatoms. The number of nitrogens with zero attached hydrogens (tertiary/aromatic N) is 1. The van der Waals surface area contributed by atoms with Crippen LogP contribution in [0.15, 0.2) is 18.2 Å². The molecule has 1 aromatic rings. The summed E-state index contributed by atoms with van der Waals surface area (Å²) >= 11 is 0. The number of fused-ring (bicyclic) bond motifs is 2. The van der Waals surface area contributed by atoms with Gasteiger partial charge in [-0.2, -0.15) is 0 Å². The zero-order valence-corrected chi connectivity index (χ0v) is 23.6. The smallest absolute Gasteiger partial charge is 0.338 e. The molecule has 0 radical (unpaired) electrons. The number of hydrogen-bond donors (Lipinski definition) is 3. The number of rotatable bonds is 6. The van der Waals surface area contributed by atoms with Gasteiger partial charge in [0, 0.05) is 23.4 Å². The van der Waals surface area contributed by atoms with Crippen molar-refractivity contribution in [3.63, 3.8) is 0 Å². The van der Waals surface area contributed by atoms with Crippen molar-refractivity contribution >= 4 is 5.97 Å². The van der Waals surface area contributed by atoms with Crippen molar-refractivity contribution in [1.82, 2.24) is 4.90 Å². The minimum absolute atomic E-state index is 0.178. The van der Waals surface area contributed by atoms with Gasteiger partial charge in [-0.05, 0) is 92.4 Å². The lowest BCUT2D eigenvalue weighted by Gasteiger charge is -2.69. The van der Waals surface area contributed by atoms with Gasteiger partial charge in [0.2, 0.25) is 0 Å². The minimum atomic E-state index is -1.50. The molecule has 7 fully saturated rings. The molecule has 0 amide bonds. The third-order valence-corrected chi connectivity index (χ3v) is 12.9. The first-order valence-corrected chi connectivity index (χ1v) is 14.8. The first-order chi connectivity index (χ1) is 18.6. The molecule has 6 aliphatic carbocycles. The Kier molecular flexibility index (Phi) is 5.57. The Morgan fingerprint density at radius 1 is 1.08 bits per heavy atom. The molecule has 1 heterocycles. The Morgan fingerprint density at radius 2 is 1.85 bits per heavy atom. The monoisotopic (exact) mass is 541 g/mol. The van der Waals surface area contributed by atoms with Crippen LogP contribution in [0.3, 0.4) is 0 Å². The standard InChI is InChI=1S/C31H43NO7/c1-5-32-15-28(2)10-9-24(33)31-22(28)14-19(25(31)32)29-11-8-18(13-23(29)31)30(36,27(29)35)16-39-26(34)17-6-7-20(37-3)21(12-17)38-4/h6-7,12,18-19,22-25,27,33,35-36H,5,8-11,13-16H2,1-4H3/t18?,19-,22+,23?,24?,25?,27?,28?,29?,30?,31?/m0/s1. The van der Waals surface area contributed by atoms with Gasteiger partial charge in [-0.25, -0.2) is 4.79 Å². The van der Waals surface area contributed by atoms with Crippen LogP contribution < -0.4 is 9.47 Å². The van der Waals surface area contributed by atoms with E-state index in [1.54, 1.807) is 18.2 Å². The number of aliphatic hydroxyl groups is 3. The molecule has 11 atom stereocenters. The molecule has 9 unspecified atom stereocenters. The van der Waals surface area contributed by atoms with Gasteiger partial charge in [0.05, 0.1) is 32.0 Å². The van der Waals surface area contributed by atoms with Gasteiger partial charge < -0.3 is 29.5 Å². The summed E-state index contributed by atoms with van der Waals surface area (Å²) in [7, 11) is 3.04. The van der Waals surface area contributed by atoms with Crippen LogP contribution in [0.5, 0.6) is 11.5 Å². The van der Waals surface area contributed by atoms with Crippen molar-refractivity contribution in [2.24, 2.45) is 39.9 Å². The van der Waals surface area contributed by atoms with Crippen molar-refractivity contribution in [2.75, 3.05) is 33.9 Å². The van der Waals surface area contributed by atoms with Crippen molar-refractivity contribution in [1.29, 1.82) is 0 Å². The van der Waals surface area contributed by atoms with Crippen LogP contribution in [0.25, 0.3) is 0 Å². The Morgan fingerprint density at radius 3 is 2.56 bits per heavy atom. The van der Waals surface area contributed by atoms with Crippen molar-refractivity contribution < 1.29 is 34.3 Å². The molecule has 8 rings (SSSR count). The molecule has 214 valence electrons. The molecule has 39 heavy (non-hydrogen) atoms. The second-order valence-electron chi connectivity index (χ2n) is 13.8. The Labute approximate surface area is 230 Å². The van der Waals surface area contributed by atoms with E-state index in [1.165, 1.54) is 14.2 Å². The normalized spacial score (nSPS) is 49.1. The lowest BCUT2D eigenvalue weighted by atomic mass is 9.38. The SMILES string of the molecule is CCN1CC2(C)CCC(O)C34C1[C@H](C[C@H]23)C12CCC(CC14)C(O)(COC(=O)c1ccc(OC)c(OC)c1)C2O. The van der Waals surface area contributed by atoms with E-state index < -0.39 is 23.1 Å². The van der Waals surface area contributed by atoms with Crippen LogP contribution in [0, 0.1) is 39.9 Å². The van der Waals surface area contributed by atoms with E-state index in [2.05, 4.69) is 18.7 Å². The highest BCUT2D eigenvalue weighted by Gasteiger charge is 2.86. The van der Waals surface area contributed by atoms with Crippen LogP contribution in [0.2, 0.25) is 0 Å². The summed E-state index contributed by atoms with van der Waals surface area (Å²) < 4.78 is 16.3. The molecule has 1 aromatic carbocycles. The van der Waals surface area contributed by atoms with Crippen molar-refractivity contribution in [3.8, 4) is 11.5 Å². The van der Waals surface area contributed by atoms with Crippen molar-refractivity contribution in [2.45, 2.75) is 76.2 Å². The molecule has 0 aromatic heterocycles. The quantitative estimate of drug-likeness (QED) is 0.472. The minimum Gasteiger partial charge on any atom is -0.493 e. The van der Waals surface area contributed by atoms with E-state index in [0.717, 1.165) is 51.6 Å². The first kappa shape index (κ1) is 26.1. The number of aliphatic hydroxyl groups excluding tert-OH is 2.